The largest absolute Gasteiger partial charge is 0.591 e. The molecule has 0 saturated heterocycles. The average Bonchev–Trinajstić information content (AvgIpc) is 2.16. The second-order valence-electron chi connectivity index (χ2n) is 4.54. The second kappa shape index (κ2) is 6.91. The highest BCUT2D eigenvalue weighted by atomic mass is 32.2. The van der Waals surface area contributed by atoms with E-state index in [-0.39, 0.29) is 16.6 Å². The predicted molar refractivity (Wildman–Crippen MR) is 66.8 cm³/mol. The maximum Gasteiger partial charge on any atom is 0.309 e. The molecule has 4 nitrogen and oxygen atoms in total. The first-order chi connectivity index (χ1) is 7.29. The van der Waals surface area contributed by atoms with Crippen LogP contribution in [-0.2, 0) is 20.9 Å². The van der Waals surface area contributed by atoms with Crippen LogP contribution in [0.2, 0.25) is 0 Å². The number of ether oxygens (including phenoxy) is 1. The van der Waals surface area contributed by atoms with Gasteiger partial charge in [0.15, 0.2) is 0 Å². The lowest BCUT2D eigenvalue weighted by Gasteiger charge is -2.17. The molecule has 0 radical (unpaired) electrons. The fraction of sp³-hybridized carbons (Fsp3) is 0.818. The van der Waals surface area contributed by atoms with Gasteiger partial charge in [0.1, 0.15) is 16.1 Å². The summed E-state index contributed by atoms with van der Waals surface area (Å²) in [6.45, 7) is 9.49. The number of esters is 1. The molecule has 0 aromatic heterocycles. The fourth-order valence-electron chi connectivity index (χ4n) is 0.808. The molecule has 0 heterocycles. The lowest BCUT2D eigenvalue weighted by Crippen LogP contribution is -2.26. The first-order valence-electron chi connectivity index (χ1n) is 5.40. The lowest BCUT2D eigenvalue weighted by molar-refractivity contribution is -0.147. The summed E-state index contributed by atoms with van der Waals surface area (Å²) in [6.07, 6.45) is 2.00. The zero-order chi connectivity index (χ0) is 12.8. The molecule has 0 saturated carbocycles. The van der Waals surface area contributed by atoms with Gasteiger partial charge in [-0.15, -0.1) is 0 Å². The highest BCUT2D eigenvalue weighted by Crippen LogP contribution is 2.16. The zero-order valence-corrected chi connectivity index (χ0v) is 11.5. The summed E-state index contributed by atoms with van der Waals surface area (Å²) in [5, 5.41) is 0. The highest BCUT2D eigenvalue weighted by molar-refractivity contribution is 7.91. The molecule has 0 rings (SSSR count). The van der Waals surface area contributed by atoms with Crippen molar-refractivity contribution < 1.29 is 14.1 Å². The van der Waals surface area contributed by atoms with Crippen LogP contribution in [0, 0.1) is 5.92 Å². The van der Waals surface area contributed by atoms with Crippen molar-refractivity contribution in [2.45, 2.75) is 45.8 Å². The van der Waals surface area contributed by atoms with E-state index in [9.17, 15) is 9.35 Å². The molecule has 0 aliphatic rings. The van der Waals surface area contributed by atoms with E-state index in [1.54, 1.807) is 20.1 Å². The molecular weight excluding hydrogens is 226 g/mol. The van der Waals surface area contributed by atoms with Gasteiger partial charge >= 0.3 is 5.97 Å². The minimum Gasteiger partial charge on any atom is -0.591 e. The zero-order valence-electron chi connectivity index (χ0n) is 10.6. The number of carbonyl (C=O) groups is 1. The van der Waals surface area contributed by atoms with Gasteiger partial charge in [-0.05, 0) is 27.7 Å². The summed E-state index contributed by atoms with van der Waals surface area (Å²) in [4.78, 5) is 11.3. The van der Waals surface area contributed by atoms with Gasteiger partial charge in [-0.25, -0.2) is 0 Å². The Kier molecular flexibility index (Phi) is 6.67. The molecule has 0 fully saturated rings. The summed E-state index contributed by atoms with van der Waals surface area (Å²) >= 11 is -1.25. The van der Waals surface area contributed by atoms with Gasteiger partial charge in [0.25, 0.3) is 0 Å². The Morgan fingerprint density at radius 2 is 2.12 bits per heavy atom. The molecular formula is C11H21NO3S. The maximum atomic E-state index is 11.5. The molecule has 94 valence electrons. The molecule has 5 heteroatoms. The Hall–Kier alpha value is -0.550. The van der Waals surface area contributed by atoms with Crippen LogP contribution in [0.3, 0.4) is 0 Å². The van der Waals surface area contributed by atoms with E-state index in [0.717, 1.165) is 0 Å². The number of rotatable bonds is 5. The van der Waals surface area contributed by atoms with E-state index in [1.807, 2.05) is 20.8 Å². The van der Waals surface area contributed by atoms with Crippen LogP contribution in [0.15, 0.2) is 4.40 Å². The summed E-state index contributed by atoms with van der Waals surface area (Å²) in [5.74, 6) is -0.476. The Labute approximate surface area is 101 Å². The molecule has 0 N–H and O–H groups in total. The Morgan fingerprint density at radius 3 is 2.56 bits per heavy atom. The van der Waals surface area contributed by atoms with Crippen molar-refractivity contribution in [1.29, 1.82) is 0 Å². The van der Waals surface area contributed by atoms with Crippen LogP contribution in [0.25, 0.3) is 0 Å². The van der Waals surface area contributed by atoms with E-state index in [0.29, 0.717) is 13.0 Å². The quantitative estimate of drug-likeness (QED) is 0.424. The third-order valence-electron chi connectivity index (χ3n) is 1.84. The number of nitrogens with zero attached hydrogens (tertiary/aromatic N) is 1. The molecule has 16 heavy (non-hydrogen) atoms. The van der Waals surface area contributed by atoms with Crippen molar-refractivity contribution in [2.24, 2.45) is 10.3 Å². The van der Waals surface area contributed by atoms with Crippen molar-refractivity contribution in [2.75, 3.05) is 6.61 Å². The predicted octanol–water partition coefficient (Wildman–Crippen LogP) is 2.11. The van der Waals surface area contributed by atoms with Crippen LogP contribution in [0.1, 0.15) is 41.0 Å². The van der Waals surface area contributed by atoms with Crippen molar-refractivity contribution >= 4 is 23.5 Å². The van der Waals surface area contributed by atoms with E-state index < -0.39 is 11.4 Å². The number of hydrogen-bond acceptors (Lipinski definition) is 4. The molecule has 0 bridgehead atoms. The van der Waals surface area contributed by atoms with E-state index in [2.05, 4.69) is 4.40 Å². The minimum absolute atomic E-state index is 0.235. The first kappa shape index (κ1) is 15.4. The van der Waals surface area contributed by atoms with Gasteiger partial charge in [0.2, 0.25) is 0 Å². The third-order valence-corrected chi connectivity index (χ3v) is 3.23. The fourth-order valence-corrected chi connectivity index (χ4v) is 1.35. The van der Waals surface area contributed by atoms with Gasteiger partial charge in [-0.1, -0.05) is 11.3 Å². The van der Waals surface area contributed by atoms with E-state index in [4.69, 9.17) is 4.74 Å². The molecule has 0 aromatic carbocycles. The lowest BCUT2D eigenvalue weighted by atomic mass is 10.1. The monoisotopic (exact) mass is 247 g/mol. The summed E-state index contributed by atoms with van der Waals surface area (Å²) in [7, 11) is 0. The Bertz CT molecular complexity index is 248. The Morgan fingerprint density at radius 1 is 1.56 bits per heavy atom. The second-order valence-corrected chi connectivity index (χ2v) is 6.47. The van der Waals surface area contributed by atoms with Crippen molar-refractivity contribution in [3.05, 3.63) is 0 Å². The van der Waals surface area contributed by atoms with Crippen molar-refractivity contribution in [3.63, 3.8) is 0 Å². The maximum absolute atomic E-state index is 11.5. The van der Waals surface area contributed by atoms with Gasteiger partial charge in [0, 0.05) is 6.42 Å². The SMILES string of the molecule is CCOC(=O)C(C)C/C=N\[S+]([O-])C(C)(C)C. The van der Waals surface area contributed by atoms with E-state index in [1.165, 1.54) is 0 Å². The van der Waals surface area contributed by atoms with Gasteiger partial charge < -0.3 is 9.29 Å². The first-order valence-corrected chi connectivity index (χ1v) is 6.50. The average molecular weight is 247 g/mol. The summed E-state index contributed by atoms with van der Waals surface area (Å²) < 4.78 is 20.0. The van der Waals surface area contributed by atoms with Crippen LogP contribution in [-0.4, -0.2) is 28.1 Å². The smallest absolute Gasteiger partial charge is 0.309 e. The molecule has 0 aliphatic heterocycles. The van der Waals surface area contributed by atoms with Crippen LogP contribution >= 0.6 is 0 Å². The number of hydrogen-bond donors (Lipinski definition) is 0. The molecule has 0 amide bonds. The van der Waals surface area contributed by atoms with Gasteiger partial charge in [0.05, 0.1) is 18.7 Å². The molecule has 0 aromatic rings. The van der Waals surface area contributed by atoms with Gasteiger partial charge in [-0.3, -0.25) is 4.79 Å². The van der Waals surface area contributed by atoms with Crippen LogP contribution < -0.4 is 0 Å². The minimum atomic E-state index is -1.25. The number of carbonyl (C=O) groups excluding carboxylic acids is 1. The normalized spacial score (nSPS) is 16.1. The molecule has 2 atom stereocenters. The topological polar surface area (TPSA) is 61.7 Å². The summed E-state index contributed by atoms with van der Waals surface area (Å²) in [5.41, 5.74) is 0. The molecule has 2 unspecified atom stereocenters. The van der Waals surface area contributed by atoms with Crippen molar-refractivity contribution in [1.82, 2.24) is 0 Å². The highest BCUT2D eigenvalue weighted by Gasteiger charge is 2.25. The molecule has 0 spiro atoms. The van der Waals surface area contributed by atoms with Crippen molar-refractivity contribution in [3.8, 4) is 0 Å². The summed E-state index contributed by atoms with van der Waals surface area (Å²) in [6, 6.07) is 0. The van der Waals surface area contributed by atoms with Gasteiger partial charge in [-0.2, -0.15) is 0 Å². The Balaban J connectivity index is 4.05. The standard InChI is InChI=1S/C11H21NO3S/c1-6-15-10(13)9(2)7-8-12-16(14)11(3,4)5/h8-9H,6-7H2,1-5H3/b12-8-. The van der Waals surface area contributed by atoms with E-state index >= 15 is 0 Å². The third kappa shape index (κ3) is 6.12. The van der Waals surface area contributed by atoms with Crippen LogP contribution in [0.5, 0.6) is 0 Å². The van der Waals surface area contributed by atoms with Crippen LogP contribution in [0.4, 0.5) is 0 Å². The molecule has 0 aliphatic carbocycles.